The van der Waals surface area contributed by atoms with E-state index in [4.69, 9.17) is 27.7 Å². The Morgan fingerprint density at radius 1 is 1.12 bits per heavy atom. The smallest absolute Gasteiger partial charge is 0.232 e. The van der Waals surface area contributed by atoms with Gasteiger partial charge in [-0.1, -0.05) is 25.9 Å². The number of hydrogen-bond donors (Lipinski definition) is 1. The Morgan fingerprint density at radius 3 is 2.54 bits per heavy atom. The Balaban J connectivity index is 1.75. The molecule has 0 amide bonds. The third kappa shape index (κ3) is 3.29. The van der Waals surface area contributed by atoms with E-state index in [-0.39, 0.29) is 10.7 Å². The second kappa shape index (κ2) is 6.18. The second-order valence-corrected chi connectivity index (χ2v) is 7.07. The van der Waals surface area contributed by atoms with Crippen LogP contribution >= 0.6 is 23.2 Å². The van der Waals surface area contributed by atoms with Gasteiger partial charge in [0.05, 0.1) is 0 Å². The first-order valence-corrected chi connectivity index (χ1v) is 8.13. The summed E-state index contributed by atoms with van der Waals surface area (Å²) in [6, 6.07) is 0. The minimum Gasteiger partial charge on any atom is -0.368 e. The molecule has 3 rings (SSSR count). The number of rotatable bonds is 4. The van der Waals surface area contributed by atoms with Crippen LogP contribution in [0.2, 0.25) is 10.6 Å². The third-order valence-electron chi connectivity index (χ3n) is 3.40. The average Bonchev–Trinajstić information content (AvgIpc) is 3.04. The highest BCUT2D eigenvalue weighted by atomic mass is 35.5. The fourth-order valence-corrected chi connectivity index (χ4v) is 2.46. The third-order valence-corrected chi connectivity index (χ3v) is 3.91. The van der Waals surface area contributed by atoms with Gasteiger partial charge < -0.3 is 14.4 Å². The lowest BCUT2D eigenvalue weighted by molar-refractivity contribution is 0.318. The van der Waals surface area contributed by atoms with Crippen molar-refractivity contribution in [3.8, 4) is 0 Å². The van der Waals surface area contributed by atoms with Crippen LogP contribution in [0.5, 0.6) is 0 Å². The van der Waals surface area contributed by atoms with E-state index >= 15 is 0 Å². The van der Waals surface area contributed by atoms with E-state index in [1.54, 1.807) is 11.6 Å². The first-order chi connectivity index (χ1) is 11.3. The molecule has 1 N–H and O–H groups in total. The van der Waals surface area contributed by atoms with Gasteiger partial charge in [0.2, 0.25) is 16.5 Å². The van der Waals surface area contributed by atoms with Crippen LogP contribution in [0, 0.1) is 0 Å². The Morgan fingerprint density at radius 2 is 1.88 bits per heavy atom. The van der Waals surface area contributed by atoms with Crippen molar-refractivity contribution >= 4 is 40.2 Å². The maximum atomic E-state index is 6.03. The van der Waals surface area contributed by atoms with Gasteiger partial charge in [0.15, 0.2) is 17.3 Å². The summed E-state index contributed by atoms with van der Waals surface area (Å²) in [6.07, 6.45) is 0.578. The van der Waals surface area contributed by atoms with Crippen LogP contribution < -0.4 is 5.32 Å². The lowest BCUT2D eigenvalue weighted by Gasteiger charge is -2.10. The van der Waals surface area contributed by atoms with Crippen molar-refractivity contribution in [3.63, 3.8) is 0 Å². The predicted molar refractivity (Wildman–Crippen MR) is 91.5 cm³/mol. The van der Waals surface area contributed by atoms with E-state index in [0.717, 1.165) is 0 Å². The summed E-state index contributed by atoms with van der Waals surface area (Å²) in [6.45, 7) is 6.62. The first kappa shape index (κ1) is 16.9. The van der Waals surface area contributed by atoms with Crippen molar-refractivity contribution in [3.05, 3.63) is 22.3 Å². The maximum absolute atomic E-state index is 6.03. The number of imidazole rings is 1. The summed E-state index contributed by atoms with van der Waals surface area (Å²) >= 11 is 12.0. The number of aryl methyl sites for hydroxylation is 1. The van der Waals surface area contributed by atoms with Crippen molar-refractivity contribution in [1.29, 1.82) is 0 Å². The molecule has 0 saturated carbocycles. The monoisotopic (exact) mass is 369 g/mol. The predicted octanol–water partition coefficient (Wildman–Crippen LogP) is 3.01. The zero-order valence-electron chi connectivity index (χ0n) is 13.8. The van der Waals surface area contributed by atoms with Gasteiger partial charge >= 0.3 is 0 Å². The van der Waals surface area contributed by atoms with E-state index in [1.165, 1.54) is 0 Å². The van der Waals surface area contributed by atoms with Crippen molar-refractivity contribution in [2.75, 3.05) is 11.9 Å². The van der Waals surface area contributed by atoms with Gasteiger partial charge in [-0.15, -0.1) is 0 Å². The Bertz CT molecular complexity index is 881. The second-order valence-electron chi connectivity index (χ2n) is 6.40. The summed E-state index contributed by atoms with van der Waals surface area (Å²) in [7, 11) is 1.79. The molecular formula is C14H17Cl2N7O. The first-order valence-electron chi connectivity index (χ1n) is 7.38. The fraction of sp³-hybridized carbons (Fsp3) is 0.500. The fourth-order valence-electron chi connectivity index (χ4n) is 2.13. The molecule has 0 saturated heterocycles. The molecule has 0 aliphatic heterocycles. The standard InChI is InChI=1S/C14H17Cl2N7O/c1-14(2,3)11-18-7(22-24-11)5-6-17-9-8-10(20-12(15)19-9)21-13(16)23(8)4/h5-6H2,1-4H3,(H,17,19,20). The molecule has 24 heavy (non-hydrogen) atoms. The van der Waals surface area contributed by atoms with Gasteiger partial charge in [-0.05, 0) is 23.2 Å². The van der Waals surface area contributed by atoms with Crippen LogP contribution in [0.25, 0.3) is 11.2 Å². The van der Waals surface area contributed by atoms with Crippen LogP contribution in [0.1, 0.15) is 32.5 Å². The molecule has 0 bridgehead atoms. The van der Waals surface area contributed by atoms with Gasteiger partial charge in [-0.25, -0.2) is 0 Å². The van der Waals surface area contributed by atoms with Crippen molar-refractivity contribution in [2.45, 2.75) is 32.6 Å². The van der Waals surface area contributed by atoms with Gasteiger partial charge in [-0.3, -0.25) is 0 Å². The Kier molecular flexibility index (Phi) is 4.35. The molecule has 10 heteroatoms. The molecule has 0 aromatic carbocycles. The van der Waals surface area contributed by atoms with Gasteiger partial charge in [0, 0.05) is 25.4 Å². The van der Waals surface area contributed by atoms with E-state index in [2.05, 4.69) is 30.4 Å². The largest absolute Gasteiger partial charge is 0.368 e. The Labute approximate surface area is 148 Å². The van der Waals surface area contributed by atoms with Gasteiger partial charge in [0.25, 0.3) is 0 Å². The molecule has 128 valence electrons. The zero-order chi connectivity index (χ0) is 17.5. The number of nitrogens with zero attached hydrogens (tertiary/aromatic N) is 6. The Hall–Kier alpha value is -1.93. The summed E-state index contributed by atoms with van der Waals surface area (Å²) in [5, 5.41) is 7.62. The zero-order valence-corrected chi connectivity index (χ0v) is 15.3. The molecule has 0 aliphatic carbocycles. The lowest BCUT2D eigenvalue weighted by Crippen LogP contribution is -2.12. The number of halogens is 2. The normalized spacial score (nSPS) is 12.1. The minimum absolute atomic E-state index is 0.106. The molecule has 3 aromatic rings. The number of hydrogen-bond acceptors (Lipinski definition) is 7. The van der Waals surface area contributed by atoms with Gasteiger partial charge in [-0.2, -0.15) is 19.9 Å². The van der Waals surface area contributed by atoms with E-state index < -0.39 is 0 Å². The molecule has 0 atom stereocenters. The number of aromatic nitrogens is 6. The van der Waals surface area contributed by atoms with E-state index in [0.29, 0.717) is 46.9 Å². The molecule has 3 heterocycles. The summed E-state index contributed by atoms with van der Waals surface area (Å²) in [5.41, 5.74) is 0.962. The minimum atomic E-state index is -0.170. The summed E-state index contributed by atoms with van der Waals surface area (Å²) in [5.74, 6) is 1.81. The number of anilines is 1. The number of nitrogens with one attached hydrogen (secondary N) is 1. The molecule has 0 spiro atoms. The van der Waals surface area contributed by atoms with Crippen LogP contribution in [-0.2, 0) is 18.9 Å². The molecule has 3 aromatic heterocycles. The van der Waals surface area contributed by atoms with Crippen LogP contribution in [0.15, 0.2) is 4.52 Å². The summed E-state index contributed by atoms with van der Waals surface area (Å²) < 4.78 is 6.97. The molecule has 0 radical (unpaired) electrons. The summed E-state index contributed by atoms with van der Waals surface area (Å²) in [4.78, 5) is 16.8. The molecular weight excluding hydrogens is 353 g/mol. The molecule has 0 unspecified atom stereocenters. The SMILES string of the molecule is Cn1c(Cl)nc2nc(Cl)nc(NCCc3noc(C(C)(C)C)n3)c21. The van der Waals surface area contributed by atoms with Crippen LogP contribution in [-0.4, -0.2) is 36.2 Å². The topological polar surface area (TPSA) is 94.6 Å². The van der Waals surface area contributed by atoms with Gasteiger partial charge in [0.1, 0.15) is 5.52 Å². The van der Waals surface area contributed by atoms with Crippen LogP contribution in [0.3, 0.4) is 0 Å². The lowest BCUT2D eigenvalue weighted by atomic mass is 9.97. The van der Waals surface area contributed by atoms with E-state index in [9.17, 15) is 0 Å². The van der Waals surface area contributed by atoms with Crippen molar-refractivity contribution in [1.82, 2.24) is 29.7 Å². The quantitative estimate of drug-likeness (QED) is 0.557. The maximum Gasteiger partial charge on any atom is 0.232 e. The highest BCUT2D eigenvalue weighted by Gasteiger charge is 2.21. The highest BCUT2D eigenvalue weighted by molar-refractivity contribution is 6.30. The van der Waals surface area contributed by atoms with Crippen molar-refractivity contribution in [2.24, 2.45) is 7.05 Å². The van der Waals surface area contributed by atoms with Crippen LogP contribution in [0.4, 0.5) is 5.82 Å². The molecule has 0 fully saturated rings. The molecule has 8 nitrogen and oxygen atoms in total. The van der Waals surface area contributed by atoms with E-state index in [1.807, 2.05) is 20.8 Å². The average molecular weight is 370 g/mol. The molecule has 0 aliphatic rings. The van der Waals surface area contributed by atoms with Crippen molar-refractivity contribution < 1.29 is 4.52 Å². The highest BCUT2D eigenvalue weighted by Crippen LogP contribution is 2.24. The number of fused-ring (bicyclic) bond motifs is 1.